The number of piperidine rings is 1. The second-order valence-corrected chi connectivity index (χ2v) is 14.0. The summed E-state index contributed by atoms with van der Waals surface area (Å²) in [5.41, 5.74) is 7.42. The summed E-state index contributed by atoms with van der Waals surface area (Å²) in [5.74, 6) is -0.242. The Kier molecular flexibility index (Phi) is 6.85. The number of hydrogen-bond donors (Lipinski definition) is 0. The largest absolute Gasteiger partial charge is 0.420 e. The van der Waals surface area contributed by atoms with Crippen molar-refractivity contribution in [2.75, 3.05) is 19.8 Å². The number of carbonyl (C=O) groups excluding carboxylic acids is 1. The fraction of sp³-hybridized carbons (Fsp3) is 0.378. The van der Waals surface area contributed by atoms with Crippen molar-refractivity contribution in [3.05, 3.63) is 98.5 Å². The van der Waals surface area contributed by atoms with Crippen LogP contribution in [0.3, 0.4) is 0 Å². The van der Waals surface area contributed by atoms with E-state index in [2.05, 4.69) is 9.97 Å². The van der Waals surface area contributed by atoms with E-state index in [9.17, 15) is 14.0 Å². The third kappa shape index (κ3) is 4.56. The first kappa shape index (κ1) is 29.7. The van der Waals surface area contributed by atoms with Crippen molar-refractivity contribution < 1.29 is 18.3 Å². The number of hydrogen-bond acceptors (Lipinski definition) is 7. The van der Waals surface area contributed by atoms with Crippen LogP contribution in [0.2, 0.25) is 5.02 Å². The Morgan fingerprint density at radius 1 is 1.00 bits per heavy atom. The molecule has 0 bridgehead atoms. The Bertz CT molecular complexity index is 2210. The van der Waals surface area contributed by atoms with Gasteiger partial charge in [0, 0.05) is 54.7 Å². The van der Waals surface area contributed by atoms with Crippen LogP contribution < -0.4 is 5.76 Å². The van der Waals surface area contributed by atoms with Crippen molar-refractivity contribution in [3.63, 3.8) is 0 Å². The fourth-order valence-electron chi connectivity index (χ4n) is 8.40. The number of aromatic nitrogens is 4. The van der Waals surface area contributed by atoms with E-state index in [4.69, 9.17) is 25.7 Å². The fourth-order valence-corrected chi connectivity index (χ4v) is 8.55. The molecule has 3 aliphatic heterocycles. The van der Waals surface area contributed by atoms with Gasteiger partial charge in [-0.05, 0) is 98.7 Å². The molecule has 244 valence electrons. The average molecular weight is 666 g/mol. The molecule has 0 unspecified atom stereocenters. The van der Waals surface area contributed by atoms with Gasteiger partial charge >= 0.3 is 5.76 Å². The van der Waals surface area contributed by atoms with Gasteiger partial charge in [0.15, 0.2) is 5.58 Å². The van der Waals surface area contributed by atoms with Crippen molar-refractivity contribution in [3.8, 4) is 22.3 Å². The molecule has 48 heavy (non-hydrogen) atoms. The van der Waals surface area contributed by atoms with Crippen LogP contribution in [0.15, 0.2) is 58.0 Å². The molecule has 2 saturated heterocycles. The number of fused-ring (bicyclic) bond motifs is 2. The molecule has 1 saturated carbocycles. The maximum absolute atomic E-state index is 14.7. The minimum atomic E-state index is -0.628. The standard InChI is InChI=1S/C37H33ClFN5O4/c1-20-14-23(6-10-40-20)31-27(4-2-21-8-12-47-13-9-21)42-34-33(35(45)44-11-7-24-17-37(24,34)44)32(31)22-3-5-29-30(15-22)48-36(46)43(29)19-28-26(39)16-25(38)18-41-28/h3,5-6,10,14-16,18,21,24H,2,4,7-9,11-13,17,19H2,1H3/t24-,37+/m1/s1. The van der Waals surface area contributed by atoms with Crippen molar-refractivity contribution in [1.29, 1.82) is 0 Å². The van der Waals surface area contributed by atoms with Crippen LogP contribution in [0.25, 0.3) is 33.4 Å². The lowest BCUT2D eigenvalue weighted by Crippen LogP contribution is -2.30. The van der Waals surface area contributed by atoms with Crippen molar-refractivity contribution in [2.24, 2.45) is 11.8 Å². The van der Waals surface area contributed by atoms with E-state index in [1.54, 1.807) is 12.3 Å². The van der Waals surface area contributed by atoms with Crippen LogP contribution in [-0.2, 0) is 23.2 Å². The highest BCUT2D eigenvalue weighted by Crippen LogP contribution is 2.67. The van der Waals surface area contributed by atoms with E-state index >= 15 is 0 Å². The summed E-state index contributed by atoms with van der Waals surface area (Å²) < 4.78 is 27.4. The number of pyridine rings is 3. The predicted molar refractivity (Wildman–Crippen MR) is 177 cm³/mol. The number of nitrogens with zero attached hydrogens (tertiary/aromatic N) is 5. The Labute approximate surface area is 280 Å². The van der Waals surface area contributed by atoms with E-state index in [0.717, 1.165) is 97.6 Å². The van der Waals surface area contributed by atoms with Gasteiger partial charge in [0.2, 0.25) is 0 Å². The van der Waals surface area contributed by atoms with Gasteiger partial charge in [0.25, 0.3) is 5.91 Å². The molecule has 4 aromatic heterocycles. The van der Waals surface area contributed by atoms with Gasteiger partial charge in [-0.3, -0.25) is 24.3 Å². The van der Waals surface area contributed by atoms with Crippen LogP contribution in [-0.4, -0.2) is 50.1 Å². The van der Waals surface area contributed by atoms with Gasteiger partial charge in [-0.15, -0.1) is 0 Å². The van der Waals surface area contributed by atoms with Crippen LogP contribution in [0.1, 0.15) is 65.2 Å². The zero-order chi connectivity index (χ0) is 32.7. The Morgan fingerprint density at radius 2 is 1.83 bits per heavy atom. The summed E-state index contributed by atoms with van der Waals surface area (Å²) in [5, 5.41) is 0.176. The molecule has 1 aliphatic carbocycles. The lowest BCUT2D eigenvalue weighted by Gasteiger charge is -2.24. The van der Waals surface area contributed by atoms with E-state index in [-0.39, 0.29) is 28.7 Å². The molecule has 2 atom stereocenters. The highest BCUT2D eigenvalue weighted by Gasteiger charge is 2.70. The molecule has 4 aliphatic rings. The molecular weight excluding hydrogens is 633 g/mol. The van der Waals surface area contributed by atoms with Gasteiger partial charge in [0.05, 0.1) is 39.6 Å². The normalized spacial score (nSPS) is 21.5. The van der Waals surface area contributed by atoms with Gasteiger partial charge in [0.1, 0.15) is 5.82 Å². The van der Waals surface area contributed by atoms with E-state index in [1.807, 2.05) is 36.1 Å². The summed E-state index contributed by atoms with van der Waals surface area (Å²) in [6.45, 7) is 4.14. The third-order valence-corrected chi connectivity index (χ3v) is 11.1. The smallest absolute Gasteiger partial charge is 0.408 e. The summed E-state index contributed by atoms with van der Waals surface area (Å²) in [6, 6.07) is 10.8. The van der Waals surface area contributed by atoms with Crippen LogP contribution >= 0.6 is 11.6 Å². The van der Waals surface area contributed by atoms with Gasteiger partial charge in [-0.25, -0.2) is 9.18 Å². The Hall–Kier alpha value is -4.41. The molecule has 5 aromatic rings. The summed E-state index contributed by atoms with van der Waals surface area (Å²) in [4.78, 5) is 43.6. The quantitative estimate of drug-likeness (QED) is 0.191. The molecule has 0 radical (unpaired) electrons. The molecule has 7 heterocycles. The second-order valence-electron chi connectivity index (χ2n) is 13.6. The lowest BCUT2D eigenvalue weighted by molar-refractivity contribution is 0.0639. The summed E-state index contributed by atoms with van der Waals surface area (Å²) in [6.07, 6.45) is 8.89. The Balaban J connectivity index is 1.24. The van der Waals surface area contributed by atoms with Gasteiger partial charge in [-0.2, -0.15) is 0 Å². The average Bonchev–Trinajstić information content (AvgIpc) is 3.43. The maximum atomic E-state index is 14.7. The number of aryl methyl sites for hydroxylation is 2. The first-order chi connectivity index (χ1) is 23.3. The first-order valence-electron chi connectivity index (χ1n) is 16.7. The number of benzene rings is 1. The molecule has 1 aromatic carbocycles. The molecule has 1 spiro atoms. The maximum Gasteiger partial charge on any atom is 0.420 e. The topological polar surface area (TPSA) is 103 Å². The SMILES string of the molecule is Cc1cc(-c2c(CCC3CCOCC3)nc3c(c2-c2ccc4c(c2)oc(=O)n4Cc2ncc(Cl)cc2F)C(=O)N2CC[C@@H]4C[C@@]342)ccn1. The zero-order valence-corrected chi connectivity index (χ0v) is 27.2. The van der Waals surface area contributed by atoms with Gasteiger partial charge in [-0.1, -0.05) is 17.7 Å². The number of halogens is 2. The minimum absolute atomic E-state index is 0.0129. The number of oxazole rings is 1. The number of amides is 1. The summed E-state index contributed by atoms with van der Waals surface area (Å²) >= 11 is 5.90. The molecule has 9 rings (SSSR count). The first-order valence-corrected chi connectivity index (χ1v) is 17.0. The minimum Gasteiger partial charge on any atom is -0.408 e. The van der Waals surface area contributed by atoms with Crippen LogP contribution in [0, 0.1) is 24.6 Å². The molecule has 3 fully saturated rings. The number of rotatable bonds is 7. The molecule has 0 N–H and O–H groups in total. The zero-order valence-electron chi connectivity index (χ0n) is 26.5. The molecule has 11 heteroatoms. The number of carbonyl (C=O) groups is 1. The lowest BCUT2D eigenvalue weighted by atomic mass is 9.85. The number of ether oxygens (including phenoxy) is 1. The monoisotopic (exact) mass is 665 g/mol. The van der Waals surface area contributed by atoms with Crippen LogP contribution in [0.5, 0.6) is 0 Å². The predicted octanol–water partition coefficient (Wildman–Crippen LogP) is 6.70. The van der Waals surface area contributed by atoms with E-state index < -0.39 is 11.6 Å². The van der Waals surface area contributed by atoms with E-state index in [1.165, 1.54) is 16.8 Å². The molecular formula is C37H33ClFN5O4. The van der Waals surface area contributed by atoms with Gasteiger partial charge < -0.3 is 14.1 Å². The molecule has 9 nitrogen and oxygen atoms in total. The third-order valence-electron chi connectivity index (χ3n) is 10.9. The highest BCUT2D eigenvalue weighted by atomic mass is 35.5. The van der Waals surface area contributed by atoms with Crippen molar-refractivity contribution in [2.45, 2.75) is 57.5 Å². The van der Waals surface area contributed by atoms with Crippen molar-refractivity contribution >= 4 is 28.6 Å². The highest BCUT2D eigenvalue weighted by molar-refractivity contribution is 6.30. The van der Waals surface area contributed by atoms with Crippen molar-refractivity contribution in [1.82, 2.24) is 24.4 Å². The Morgan fingerprint density at radius 3 is 2.62 bits per heavy atom. The molecule has 1 amide bonds. The van der Waals surface area contributed by atoms with Crippen LogP contribution in [0.4, 0.5) is 4.39 Å². The van der Waals surface area contributed by atoms with E-state index in [0.29, 0.717) is 28.5 Å². The second kappa shape index (κ2) is 11.1. The summed E-state index contributed by atoms with van der Waals surface area (Å²) in [7, 11) is 0.